The van der Waals surface area contributed by atoms with Crippen LogP contribution in [0, 0.1) is 6.92 Å². The Labute approximate surface area is 115 Å². The minimum Gasteiger partial charge on any atom is -0.469 e. The lowest BCUT2D eigenvalue weighted by atomic mass is 10.0. The molecule has 1 aliphatic rings. The molecule has 102 valence electrons. The Bertz CT molecular complexity index is 683. The topological polar surface area (TPSA) is 65.7 Å². The summed E-state index contributed by atoms with van der Waals surface area (Å²) in [5.74, 6) is 1.16. The minimum absolute atomic E-state index is 0.153. The summed E-state index contributed by atoms with van der Waals surface area (Å²) in [5, 5.41) is 0. The minimum atomic E-state index is -0.256. The number of fused-ring (bicyclic) bond motifs is 1. The molecule has 5 heteroatoms. The van der Waals surface area contributed by atoms with Crippen LogP contribution in [0.15, 0.2) is 34.9 Å². The lowest BCUT2D eigenvalue weighted by molar-refractivity contribution is 0.0893. The van der Waals surface area contributed by atoms with Crippen LogP contribution < -0.4 is 9.47 Å². The molecule has 1 aromatic heterocycles. The third kappa shape index (κ3) is 2.18. The van der Waals surface area contributed by atoms with Gasteiger partial charge in [-0.05, 0) is 31.2 Å². The second kappa shape index (κ2) is 4.85. The predicted octanol–water partition coefficient (Wildman–Crippen LogP) is 2.77. The molecule has 2 heterocycles. The summed E-state index contributed by atoms with van der Waals surface area (Å²) in [6.07, 6.45) is 1.24. The van der Waals surface area contributed by atoms with Gasteiger partial charge in [-0.25, -0.2) is 0 Å². The Hall–Kier alpha value is -2.56. The third-order valence-corrected chi connectivity index (χ3v) is 3.17. The highest BCUT2D eigenvalue weighted by molar-refractivity contribution is 6.14. The SMILES string of the molecule is Cc1occc1C(=O)CC(=O)c1ccc2c(c1)OCO2. The van der Waals surface area contributed by atoms with E-state index in [2.05, 4.69) is 0 Å². The molecule has 0 N–H and O–H groups in total. The third-order valence-electron chi connectivity index (χ3n) is 3.17. The number of carbonyl (C=O) groups excluding carboxylic acids is 2. The summed E-state index contributed by atoms with van der Waals surface area (Å²) >= 11 is 0. The first kappa shape index (κ1) is 12.5. The Kier molecular flexibility index (Phi) is 3.02. The van der Waals surface area contributed by atoms with E-state index in [1.54, 1.807) is 31.2 Å². The smallest absolute Gasteiger partial charge is 0.231 e. The first-order valence-electron chi connectivity index (χ1n) is 6.15. The zero-order valence-corrected chi connectivity index (χ0v) is 10.8. The Morgan fingerprint density at radius 2 is 1.90 bits per heavy atom. The van der Waals surface area contributed by atoms with E-state index in [-0.39, 0.29) is 24.8 Å². The average Bonchev–Trinajstić information content (AvgIpc) is 3.05. The fraction of sp³-hybridized carbons (Fsp3) is 0.200. The molecule has 3 rings (SSSR count). The van der Waals surface area contributed by atoms with E-state index in [4.69, 9.17) is 13.9 Å². The van der Waals surface area contributed by atoms with Crippen molar-refractivity contribution in [3.05, 3.63) is 47.4 Å². The number of rotatable bonds is 4. The summed E-state index contributed by atoms with van der Waals surface area (Å²) in [6, 6.07) is 6.47. The van der Waals surface area contributed by atoms with Gasteiger partial charge in [0.25, 0.3) is 0 Å². The molecule has 0 bridgehead atoms. The summed E-state index contributed by atoms with van der Waals surface area (Å²) in [7, 11) is 0. The predicted molar refractivity (Wildman–Crippen MR) is 69.3 cm³/mol. The Morgan fingerprint density at radius 3 is 2.65 bits per heavy atom. The molecule has 0 amide bonds. The van der Waals surface area contributed by atoms with Crippen molar-refractivity contribution in [2.45, 2.75) is 13.3 Å². The molecule has 0 aliphatic carbocycles. The van der Waals surface area contributed by atoms with Gasteiger partial charge in [-0.3, -0.25) is 9.59 Å². The van der Waals surface area contributed by atoms with E-state index in [0.717, 1.165) is 0 Å². The van der Waals surface area contributed by atoms with Gasteiger partial charge in [0.2, 0.25) is 6.79 Å². The molecule has 1 aromatic carbocycles. The first-order chi connectivity index (χ1) is 9.65. The van der Waals surface area contributed by atoms with Gasteiger partial charge in [-0.2, -0.15) is 0 Å². The first-order valence-corrected chi connectivity index (χ1v) is 6.15. The molecule has 0 spiro atoms. The van der Waals surface area contributed by atoms with Gasteiger partial charge in [0.1, 0.15) is 5.76 Å². The molecule has 2 aromatic rings. The highest BCUT2D eigenvalue weighted by Crippen LogP contribution is 2.32. The number of hydrogen-bond donors (Lipinski definition) is 0. The van der Waals surface area contributed by atoms with Gasteiger partial charge in [-0.15, -0.1) is 0 Å². The van der Waals surface area contributed by atoms with Crippen LogP contribution in [-0.2, 0) is 0 Å². The van der Waals surface area contributed by atoms with Crippen LogP contribution in [0.5, 0.6) is 11.5 Å². The van der Waals surface area contributed by atoms with Crippen LogP contribution in [0.1, 0.15) is 32.9 Å². The maximum Gasteiger partial charge on any atom is 0.231 e. The molecule has 20 heavy (non-hydrogen) atoms. The summed E-state index contributed by atoms with van der Waals surface area (Å²) in [5.41, 5.74) is 0.878. The van der Waals surface area contributed by atoms with Gasteiger partial charge >= 0.3 is 0 Å². The largest absolute Gasteiger partial charge is 0.469 e. The average molecular weight is 272 g/mol. The zero-order chi connectivity index (χ0) is 14.1. The summed E-state index contributed by atoms with van der Waals surface area (Å²) < 4.78 is 15.5. The van der Waals surface area contributed by atoms with Crippen LogP contribution in [-0.4, -0.2) is 18.4 Å². The van der Waals surface area contributed by atoms with Crippen molar-refractivity contribution >= 4 is 11.6 Å². The number of aryl methyl sites for hydroxylation is 1. The van der Waals surface area contributed by atoms with Crippen molar-refractivity contribution in [1.29, 1.82) is 0 Å². The van der Waals surface area contributed by atoms with E-state index in [9.17, 15) is 9.59 Å². The number of Topliss-reactive ketones (excluding diaryl/α,β-unsaturated/α-hetero) is 2. The van der Waals surface area contributed by atoms with Crippen LogP contribution >= 0.6 is 0 Å². The van der Waals surface area contributed by atoms with Crippen LogP contribution in [0.3, 0.4) is 0 Å². The fourth-order valence-corrected chi connectivity index (χ4v) is 2.09. The number of furan rings is 1. The van der Waals surface area contributed by atoms with Crippen molar-refractivity contribution in [2.24, 2.45) is 0 Å². The lowest BCUT2D eigenvalue weighted by Gasteiger charge is -2.02. The van der Waals surface area contributed by atoms with Crippen molar-refractivity contribution in [3.8, 4) is 11.5 Å². The Morgan fingerprint density at radius 1 is 1.10 bits per heavy atom. The highest BCUT2D eigenvalue weighted by atomic mass is 16.7. The second-order valence-corrected chi connectivity index (χ2v) is 4.48. The molecule has 0 radical (unpaired) electrons. The monoisotopic (exact) mass is 272 g/mol. The van der Waals surface area contributed by atoms with E-state index in [1.165, 1.54) is 6.26 Å². The van der Waals surface area contributed by atoms with E-state index >= 15 is 0 Å². The molecule has 0 atom stereocenters. The lowest BCUT2D eigenvalue weighted by Crippen LogP contribution is -2.08. The molecular weight excluding hydrogens is 260 g/mol. The van der Waals surface area contributed by atoms with Gasteiger partial charge in [0, 0.05) is 5.56 Å². The standard InChI is InChI=1S/C15H12O5/c1-9-11(4-5-18-9)13(17)7-12(16)10-2-3-14-15(6-10)20-8-19-14/h2-6H,7-8H2,1H3. The normalized spacial score (nSPS) is 12.4. The highest BCUT2D eigenvalue weighted by Gasteiger charge is 2.20. The fourth-order valence-electron chi connectivity index (χ4n) is 2.09. The van der Waals surface area contributed by atoms with Gasteiger partial charge in [-0.1, -0.05) is 0 Å². The van der Waals surface area contributed by atoms with Crippen molar-refractivity contribution in [3.63, 3.8) is 0 Å². The molecular formula is C15H12O5. The van der Waals surface area contributed by atoms with Gasteiger partial charge in [0.15, 0.2) is 23.1 Å². The van der Waals surface area contributed by atoms with Crippen LogP contribution in [0.4, 0.5) is 0 Å². The molecule has 0 saturated carbocycles. The van der Waals surface area contributed by atoms with Crippen LogP contribution in [0.25, 0.3) is 0 Å². The van der Waals surface area contributed by atoms with Gasteiger partial charge in [0.05, 0.1) is 18.2 Å². The maximum atomic E-state index is 12.1. The zero-order valence-electron chi connectivity index (χ0n) is 10.8. The van der Waals surface area contributed by atoms with Crippen molar-refractivity contribution in [1.82, 2.24) is 0 Å². The van der Waals surface area contributed by atoms with Crippen molar-refractivity contribution in [2.75, 3.05) is 6.79 Å². The van der Waals surface area contributed by atoms with E-state index in [1.807, 2.05) is 0 Å². The van der Waals surface area contributed by atoms with E-state index in [0.29, 0.717) is 28.4 Å². The number of benzene rings is 1. The Balaban J connectivity index is 1.77. The molecule has 0 unspecified atom stereocenters. The molecule has 1 aliphatic heterocycles. The second-order valence-electron chi connectivity index (χ2n) is 4.48. The molecule has 0 fully saturated rings. The summed E-state index contributed by atoms with van der Waals surface area (Å²) in [4.78, 5) is 24.1. The van der Waals surface area contributed by atoms with Gasteiger partial charge < -0.3 is 13.9 Å². The number of carbonyl (C=O) groups is 2. The molecule has 5 nitrogen and oxygen atoms in total. The molecule has 0 saturated heterocycles. The number of hydrogen-bond acceptors (Lipinski definition) is 5. The summed E-state index contributed by atoms with van der Waals surface area (Å²) in [6.45, 7) is 1.85. The number of ether oxygens (including phenoxy) is 2. The quantitative estimate of drug-likeness (QED) is 0.632. The van der Waals surface area contributed by atoms with Crippen LogP contribution in [0.2, 0.25) is 0 Å². The number of ketones is 2. The van der Waals surface area contributed by atoms with E-state index < -0.39 is 0 Å². The maximum absolute atomic E-state index is 12.1. The van der Waals surface area contributed by atoms with Crippen molar-refractivity contribution < 1.29 is 23.5 Å².